The van der Waals surface area contributed by atoms with Gasteiger partial charge in [-0.1, -0.05) is 107 Å². The van der Waals surface area contributed by atoms with Crippen molar-refractivity contribution in [2.75, 3.05) is 30.8 Å². The summed E-state index contributed by atoms with van der Waals surface area (Å²) in [7, 11) is 1.74. The van der Waals surface area contributed by atoms with Crippen molar-refractivity contribution in [1.82, 2.24) is 0 Å². The fourth-order valence-electron chi connectivity index (χ4n) is 7.18. The highest BCUT2D eigenvalue weighted by atomic mass is 16.5. The molecule has 6 rings (SSSR count). The lowest BCUT2D eigenvalue weighted by molar-refractivity contribution is 0.368. The normalized spacial score (nSPS) is 18.9. The standard InChI is InChI=1S/C20H25NO.C20H25N/c1-14(2)17-10-11-21-19-9-8-15(13-18(17)19)12-16-6-4-5-7-20(16)22-3;1-14(2)20-15(3)13-21-19-10-9-17(12-18(19)20)11-16-7-5-4-6-8-16/h4-9,13-14,17,21H,10-12H2,1-3H3;4-10,12,14-15,20-21H,11,13H2,1-3H3. The van der Waals surface area contributed by atoms with Crippen LogP contribution in [0.2, 0.25) is 0 Å². The topological polar surface area (TPSA) is 33.3 Å². The quantitative estimate of drug-likeness (QED) is 0.230. The van der Waals surface area contributed by atoms with Crippen molar-refractivity contribution in [3.8, 4) is 5.75 Å². The molecule has 3 unspecified atom stereocenters. The Morgan fingerprint density at radius 2 is 1.35 bits per heavy atom. The molecule has 0 spiro atoms. The first kappa shape index (κ1) is 30.7. The zero-order valence-electron chi connectivity index (χ0n) is 27.0. The average molecular weight is 575 g/mol. The molecule has 3 atom stereocenters. The first-order chi connectivity index (χ1) is 20.8. The van der Waals surface area contributed by atoms with E-state index < -0.39 is 0 Å². The number of hydrogen-bond donors (Lipinski definition) is 2. The van der Waals surface area contributed by atoms with Crippen LogP contribution in [0.15, 0.2) is 91.0 Å². The van der Waals surface area contributed by atoms with Crippen molar-refractivity contribution >= 4 is 11.4 Å². The van der Waals surface area contributed by atoms with Gasteiger partial charge in [0.1, 0.15) is 5.75 Å². The van der Waals surface area contributed by atoms with Crippen LogP contribution in [0.25, 0.3) is 0 Å². The molecule has 0 bridgehead atoms. The summed E-state index contributed by atoms with van der Waals surface area (Å²) in [6.45, 7) is 13.9. The lowest BCUT2D eigenvalue weighted by atomic mass is 9.76. The van der Waals surface area contributed by atoms with Crippen molar-refractivity contribution < 1.29 is 4.74 Å². The first-order valence-corrected chi connectivity index (χ1v) is 16.2. The highest BCUT2D eigenvalue weighted by molar-refractivity contribution is 5.58. The predicted octanol–water partition coefficient (Wildman–Crippen LogP) is 9.92. The van der Waals surface area contributed by atoms with Crippen LogP contribution in [0.4, 0.5) is 11.4 Å². The van der Waals surface area contributed by atoms with Crippen LogP contribution in [0, 0.1) is 17.8 Å². The van der Waals surface area contributed by atoms with Gasteiger partial charge in [-0.15, -0.1) is 0 Å². The fraction of sp³-hybridized carbons (Fsp3) is 0.400. The number of anilines is 2. The predicted molar refractivity (Wildman–Crippen MR) is 184 cm³/mol. The van der Waals surface area contributed by atoms with Gasteiger partial charge in [0.05, 0.1) is 7.11 Å². The van der Waals surface area contributed by atoms with Gasteiger partial charge < -0.3 is 15.4 Å². The van der Waals surface area contributed by atoms with E-state index in [4.69, 9.17) is 4.74 Å². The van der Waals surface area contributed by atoms with E-state index in [0.29, 0.717) is 29.6 Å². The summed E-state index contributed by atoms with van der Waals surface area (Å²) in [5.41, 5.74) is 11.0. The van der Waals surface area contributed by atoms with Gasteiger partial charge in [0.15, 0.2) is 0 Å². The van der Waals surface area contributed by atoms with Crippen LogP contribution in [0.3, 0.4) is 0 Å². The van der Waals surface area contributed by atoms with Crippen LogP contribution < -0.4 is 15.4 Å². The summed E-state index contributed by atoms with van der Waals surface area (Å²) in [4.78, 5) is 0. The molecule has 0 saturated carbocycles. The molecule has 0 aliphatic carbocycles. The molecule has 4 aromatic carbocycles. The molecule has 226 valence electrons. The number of benzene rings is 4. The zero-order chi connectivity index (χ0) is 30.3. The molecular weight excluding hydrogens is 524 g/mol. The van der Waals surface area contributed by atoms with Crippen LogP contribution in [0.5, 0.6) is 5.75 Å². The van der Waals surface area contributed by atoms with Gasteiger partial charge in [-0.2, -0.15) is 0 Å². The summed E-state index contributed by atoms with van der Waals surface area (Å²) in [6.07, 6.45) is 3.16. The Labute approximate surface area is 260 Å². The lowest BCUT2D eigenvalue weighted by Crippen LogP contribution is -2.28. The van der Waals surface area contributed by atoms with Gasteiger partial charge in [0, 0.05) is 30.9 Å². The van der Waals surface area contributed by atoms with Gasteiger partial charge >= 0.3 is 0 Å². The molecule has 0 fully saturated rings. The number of rotatable bonds is 7. The van der Waals surface area contributed by atoms with E-state index in [0.717, 1.165) is 31.7 Å². The van der Waals surface area contributed by atoms with Gasteiger partial charge in [-0.3, -0.25) is 0 Å². The molecule has 43 heavy (non-hydrogen) atoms. The Morgan fingerprint density at radius 3 is 2.05 bits per heavy atom. The maximum atomic E-state index is 5.48. The highest BCUT2D eigenvalue weighted by Crippen LogP contribution is 2.41. The van der Waals surface area contributed by atoms with Crippen LogP contribution in [0.1, 0.15) is 86.3 Å². The van der Waals surface area contributed by atoms with Crippen molar-refractivity contribution in [2.24, 2.45) is 17.8 Å². The Bertz CT molecular complexity index is 1480. The monoisotopic (exact) mass is 574 g/mol. The smallest absolute Gasteiger partial charge is 0.122 e. The van der Waals surface area contributed by atoms with Gasteiger partial charge in [-0.25, -0.2) is 0 Å². The third-order valence-corrected chi connectivity index (χ3v) is 9.35. The number of hydrogen-bond acceptors (Lipinski definition) is 3. The molecule has 2 aliphatic heterocycles. The zero-order valence-corrected chi connectivity index (χ0v) is 27.0. The molecule has 2 aliphatic rings. The number of methoxy groups -OCH3 is 1. The van der Waals surface area contributed by atoms with Crippen LogP contribution in [-0.2, 0) is 12.8 Å². The number of nitrogens with one attached hydrogen (secondary N) is 2. The largest absolute Gasteiger partial charge is 0.496 e. The van der Waals surface area contributed by atoms with E-state index in [1.54, 1.807) is 7.11 Å². The van der Waals surface area contributed by atoms with E-state index in [1.807, 2.05) is 12.1 Å². The molecule has 0 aromatic heterocycles. The molecule has 3 heteroatoms. The molecule has 2 heterocycles. The van der Waals surface area contributed by atoms with Crippen molar-refractivity contribution in [2.45, 2.75) is 65.7 Å². The molecule has 0 amide bonds. The minimum absolute atomic E-state index is 0.661. The summed E-state index contributed by atoms with van der Waals surface area (Å²) in [6, 6.07) is 32.9. The third kappa shape index (κ3) is 7.44. The Morgan fingerprint density at radius 1 is 0.698 bits per heavy atom. The van der Waals surface area contributed by atoms with Crippen molar-refractivity contribution in [1.29, 1.82) is 0 Å². The van der Waals surface area contributed by atoms with Crippen molar-refractivity contribution in [3.05, 3.63) is 124 Å². The maximum absolute atomic E-state index is 5.48. The molecular formula is C40H50N2O. The first-order valence-electron chi connectivity index (χ1n) is 16.2. The SMILES string of the molecule is CC(C)C1c2cc(Cc3ccccc3)ccc2NCC1C.COc1ccccc1Cc1ccc2c(c1)C(C(C)C)CCN2. The fourth-order valence-corrected chi connectivity index (χ4v) is 7.18. The molecule has 0 radical (unpaired) electrons. The average Bonchev–Trinajstić information content (AvgIpc) is 3.01. The second-order valence-electron chi connectivity index (χ2n) is 13.2. The number of ether oxygens (including phenoxy) is 1. The van der Waals surface area contributed by atoms with E-state index in [2.05, 4.69) is 124 Å². The maximum Gasteiger partial charge on any atom is 0.122 e. The molecule has 0 saturated heterocycles. The van der Waals surface area contributed by atoms with Crippen LogP contribution in [-0.4, -0.2) is 20.2 Å². The summed E-state index contributed by atoms with van der Waals surface area (Å²) in [5, 5.41) is 7.12. The van der Waals surface area contributed by atoms with E-state index in [-0.39, 0.29) is 0 Å². The van der Waals surface area contributed by atoms with Crippen LogP contribution >= 0.6 is 0 Å². The lowest BCUT2D eigenvalue weighted by Gasteiger charge is -2.35. The van der Waals surface area contributed by atoms with Gasteiger partial charge in [0.25, 0.3) is 0 Å². The number of fused-ring (bicyclic) bond motifs is 2. The summed E-state index contributed by atoms with van der Waals surface area (Å²) < 4.78 is 5.48. The number of para-hydroxylation sites is 1. The van der Waals surface area contributed by atoms with Crippen molar-refractivity contribution in [3.63, 3.8) is 0 Å². The van der Waals surface area contributed by atoms with E-state index in [1.165, 1.54) is 51.2 Å². The van der Waals surface area contributed by atoms with Gasteiger partial charge in [-0.05, 0) is 94.0 Å². The summed E-state index contributed by atoms with van der Waals surface area (Å²) >= 11 is 0. The minimum Gasteiger partial charge on any atom is -0.496 e. The highest BCUT2D eigenvalue weighted by Gasteiger charge is 2.29. The molecule has 2 N–H and O–H groups in total. The second-order valence-corrected chi connectivity index (χ2v) is 13.2. The molecule has 4 aromatic rings. The van der Waals surface area contributed by atoms with Gasteiger partial charge in [0.2, 0.25) is 0 Å². The van der Waals surface area contributed by atoms with E-state index in [9.17, 15) is 0 Å². The van der Waals surface area contributed by atoms with E-state index >= 15 is 0 Å². The Kier molecular flexibility index (Phi) is 10.1. The summed E-state index contributed by atoms with van der Waals surface area (Å²) in [5.74, 6) is 4.37. The Balaban J connectivity index is 0.000000171. The molecule has 3 nitrogen and oxygen atoms in total. The second kappa shape index (κ2) is 14.2. The third-order valence-electron chi connectivity index (χ3n) is 9.35. The minimum atomic E-state index is 0.661. The Hall–Kier alpha value is -3.72.